The van der Waals surface area contributed by atoms with Crippen LogP contribution >= 0.6 is 15.9 Å². The second kappa shape index (κ2) is 8.11. The molecule has 2 aromatic rings. The molecule has 122 valence electrons. The number of carbonyl (C=O) groups excluding carboxylic acids is 1. The molecule has 1 amide bonds. The molecule has 23 heavy (non-hydrogen) atoms. The Bertz CT molecular complexity index is 673. The van der Waals surface area contributed by atoms with Crippen LogP contribution in [0.4, 0.5) is 4.39 Å². The van der Waals surface area contributed by atoms with Gasteiger partial charge in [0.15, 0.2) is 0 Å². The Morgan fingerprint density at radius 2 is 1.96 bits per heavy atom. The van der Waals surface area contributed by atoms with Crippen LogP contribution < -0.4 is 10.1 Å². The summed E-state index contributed by atoms with van der Waals surface area (Å²) in [5.74, 6) is 0.453. The van der Waals surface area contributed by atoms with Gasteiger partial charge in [-0.15, -0.1) is 0 Å². The third-order valence-electron chi connectivity index (χ3n) is 3.60. The molecule has 3 nitrogen and oxygen atoms in total. The number of nitrogens with one attached hydrogen (secondary N) is 1. The number of benzene rings is 2. The summed E-state index contributed by atoms with van der Waals surface area (Å²) >= 11 is 3.43. The predicted octanol–water partition coefficient (Wildman–Crippen LogP) is 4.41. The summed E-state index contributed by atoms with van der Waals surface area (Å²) in [7, 11) is 1.62. The van der Waals surface area contributed by atoms with E-state index in [4.69, 9.17) is 4.74 Å². The summed E-state index contributed by atoms with van der Waals surface area (Å²) in [6.45, 7) is 1.88. The van der Waals surface area contributed by atoms with Crippen molar-refractivity contribution < 1.29 is 13.9 Å². The Hall–Kier alpha value is -1.88. The van der Waals surface area contributed by atoms with E-state index in [9.17, 15) is 9.18 Å². The highest BCUT2D eigenvalue weighted by Gasteiger charge is 2.10. The van der Waals surface area contributed by atoms with E-state index in [2.05, 4.69) is 21.2 Å². The maximum absolute atomic E-state index is 12.9. The number of methoxy groups -OCH3 is 1. The lowest BCUT2D eigenvalue weighted by Gasteiger charge is -2.14. The minimum absolute atomic E-state index is 0.0336. The lowest BCUT2D eigenvalue weighted by molar-refractivity contribution is -0.121. The van der Waals surface area contributed by atoms with Gasteiger partial charge in [0.05, 0.1) is 17.6 Å². The number of halogens is 2. The molecule has 0 aromatic heterocycles. The fraction of sp³-hybridized carbons (Fsp3) is 0.278. The normalized spacial score (nSPS) is 11.8. The van der Waals surface area contributed by atoms with Crippen LogP contribution in [0.2, 0.25) is 0 Å². The Kier molecular flexibility index (Phi) is 6.16. The average molecular weight is 380 g/mol. The van der Waals surface area contributed by atoms with Gasteiger partial charge >= 0.3 is 0 Å². The van der Waals surface area contributed by atoms with Crippen molar-refractivity contribution in [1.29, 1.82) is 0 Å². The van der Waals surface area contributed by atoms with E-state index >= 15 is 0 Å². The van der Waals surface area contributed by atoms with Gasteiger partial charge in [-0.3, -0.25) is 4.79 Å². The highest BCUT2D eigenvalue weighted by atomic mass is 79.9. The minimum Gasteiger partial charge on any atom is -0.496 e. The first-order valence-corrected chi connectivity index (χ1v) is 8.16. The molecule has 0 bridgehead atoms. The number of hydrogen-bond acceptors (Lipinski definition) is 2. The zero-order valence-corrected chi connectivity index (χ0v) is 14.7. The molecule has 0 fully saturated rings. The van der Waals surface area contributed by atoms with Crippen LogP contribution in [0, 0.1) is 5.82 Å². The first kappa shape index (κ1) is 17.5. The Balaban J connectivity index is 1.87. The van der Waals surface area contributed by atoms with Gasteiger partial charge in [-0.2, -0.15) is 0 Å². The summed E-state index contributed by atoms with van der Waals surface area (Å²) in [5.41, 5.74) is 1.94. The van der Waals surface area contributed by atoms with Crippen LogP contribution in [0.15, 0.2) is 46.9 Å². The van der Waals surface area contributed by atoms with E-state index in [0.29, 0.717) is 12.8 Å². The molecule has 0 aliphatic carbocycles. The number of carbonyl (C=O) groups is 1. The Morgan fingerprint density at radius 3 is 2.57 bits per heavy atom. The lowest BCUT2D eigenvalue weighted by atomic mass is 10.1. The quantitative estimate of drug-likeness (QED) is 0.807. The molecule has 0 aliphatic heterocycles. The van der Waals surface area contributed by atoms with Crippen molar-refractivity contribution in [3.63, 3.8) is 0 Å². The van der Waals surface area contributed by atoms with E-state index in [1.165, 1.54) is 12.1 Å². The molecule has 1 unspecified atom stereocenters. The molecule has 0 saturated carbocycles. The number of aryl methyl sites for hydroxylation is 1. The second-order valence-corrected chi connectivity index (χ2v) is 6.16. The molecule has 0 aliphatic rings. The molecule has 1 N–H and O–H groups in total. The van der Waals surface area contributed by atoms with Gasteiger partial charge in [0.1, 0.15) is 11.6 Å². The zero-order valence-electron chi connectivity index (χ0n) is 13.1. The van der Waals surface area contributed by atoms with Crippen molar-refractivity contribution in [2.45, 2.75) is 25.8 Å². The predicted molar refractivity (Wildman–Crippen MR) is 92.0 cm³/mol. The van der Waals surface area contributed by atoms with E-state index in [-0.39, 0.29) is 17.8 Å². The first-order chi connectivity index (χ1) is 11.0. The largest absolute Gasteiger partial charge is 0.496 e. The summed E-state index contributed by atoms with van der Waals surface area (Å²) in [6, 6.07) is 11.8. The van der Waals surface area contributed by atoms with Crippen LogP contribution in [0.5, 0.6) is 5.75 Å². The molecule has 2 aromatic carbocycles. The monoisotopic (exact) mass is 379 g/mol. The Morgan fingerprint density at radius 1 is 1.26 bits per heavy atom. The van der Waals surface area contributed by atoms with Gasteiger partial charge in [-0.1, -0.05) is 18.2 Å². The van der Waals surface area contributed by atoms with E-state index in [0.717, 1.165) is 21.3 Å². The molecule has 0 heterocycles. The topological polar surface area (TPSA) is 38.3 Å². The van der Waals surface area contributed by atoms with Crippen molar-refractivity contribution in [3.05, 3.63) is 63.9 Å². The summed E-state index contributed by atoms with van der Waals surface area (Å²) < 4.78 is 19.0. The lowest BCUT2D eigenvalue weighted by Crippen LogP contribution is -2.26. The zero-order chi connectivity index (χ0) is 16.8. The molecule has 0 spiro atoms. The Labute approximate surface area is 144 Å². The van der Waals surface area contributed by atoms with E-state index in [1.54, 1.807) is 19.2 Å². The number of amides is 1. The summed E-state index contributed by atoms with van der Waals surface area (Å²) in [4.78, 5) is 12.1. The second-order valence-electron chi connectivity index (χ2n) is 5.31. The van der Waals surface area contributed by atoms with Gasteiger partial charge in [0.25, 0.3) is 0 Å². The summed E-state index contributed by atoms with van der Waals surface area (Å²) in [6.07, 6.45) is 1.04. The van der Waals surface area contributed by atoms with Crippen LogP contribution in [0.25, 0.3) is 0 Å². The van der Waals surface area contributed by atoms with E-state index in [1.807, 2.05) is 25.1 Å². The van der Waals surface area contributed by atoms with Crippen LogP contribution in [0.1, 0.15) is 30.5 Å². The molecule has 1 atom stereocenters. The van der Waals surface area contributed by atoms with Gasteiger partial charge in [0.2, 0.25) is 5.91 Å². The number of ether oxygens (including phenoxy) is 1. The molecular formula is C18H19BrFNO2. The molecule has 0 radical (unpaired) electrons. The van der Waals surface area contributed by atoms with Crippen LogP contribution in [0.3, 0.4) is 0 Å². The average Bonchev–Trinajstić information content (AvgIpc) is 2.53. The van der Waals surface area contributed by atoms with Crippen molar-refractivity contribution in [2.75, 3.05) is 7.11 Å². The standard InChI is InChI=1S/C18H19BrFNO2/c1-12(14-5-7-15(20)8-6-14)21-18(22)10-4-13-3-9-17(23-2)16(19)11-13/h3,5-9,11-12H,4,10H2,1-2H3,(H,21,22). The highest BCUT2D eigenvalue weighted by molar-refractivity contribution is 9.10. The van der Waals surface area contributed by atoms with Gasteiger partial charge in [-0.25, -0.2) is 4.39 Å². The van der Waals surface area contributed by atoms with Crippen molar-refractivity contribution in [1.82, 2.24) is 5.32 Å². The smallest absolute Gasteiger partial charge is 0.220 e. The first-order valence-electron chi connectivity index (χ1n) is 7.37. The van der Waals surface area contributed by atoms with E-state index < -0.39 is 0 Å². The molecule has 5 heteroatoms. The van der Waals surface area contributed by atoms with Gasteiger partial charge in [-0.05, 0) is 64.7 Å². The maximum Gasteiger partial charge on any atom is 0.220 e. The molecular weight excluding hydrogens is 361 g/mol. The molecule has 2 rings (SSSR count). The van der Waals surface area contributed by atoms with Crippen molar-refractivity contribution >= 4 is 21.8 Å². The van der Waals surface area contributed by atoms with Crippen LogP contribution in [-0.4, -0.2) is 13.0 Å². The van der Waals surface area contributed by atoms with Crippen LogP contribution in [-0.2, 0) is 11.2 Å². The maximum atomic E-state index is 12.9. The number of hydrogen-bond donors (Lipinski definition) is 1. The van der Waals surface area contributed by atoms with Crippen molar-refractivity contribution in [2.24, 2.45) is 0 Å². The molecule has 0 saturated heterocycles. The van der Waals surface area contributed by atoms with Gasteiger partial charge < -0.3 is 10.1 Å². The number of rotatable bonds is 6. The van der Waals surface area contributed by atoms with Gasteiger partial charge in [0, 0.05) is 6.42 Å². The third kappa shape index (κ3) is 5.06. The van der Waals surface area contributed by atoms with Crippen molar-refractivity contribution in [3.8, 4) is 5.75 Å². The SMILES string of the molecule is COc1ccc(CCC(=O)NC(C)c2ccc(F)cc2)cc1Br. The summed E-state index contributed by atoms with van der Waals surface area (Å²) in [5, 5.41) is 2.93. The minimum atomic E-state index is -0.280. The fourth-order valence-electron chi connectivity index (χ4n) is 2.27. The fourth-order valence-corrected chi connectivity index (χ4v) is 2.86. The highest BCUT2D eigenvalue weighted by Crippen LogP contribution is 2.26. The third-order valence-corrected chi connectivity index (χ3v) is 4.22.